The van der Waals surface area contributed by atoms with Gasteiger partial charge in [-0.1, -0.05) is 35.1 Å². The van der Waals surface area contributed by atoms with Crippen molar-refractivity contribution in [3.63, 3.8) is 0 Å². The van der Waals surface area contributed by atoms with E-state index in [9.17, 15) is 9.59 Å². The number of hydrogen-bond donors (Lipinski definition) is 2. The maximum Gasteiger partial charge on any atom is 0.269 e. The normalized spacial score (nSPS) is 13.4. The predicted octanol–water partition coefficient (Wildman–Crippen LogP) is 4.75. The Morgan fingerprint density at radius 3 is 2.61 bits per heavy atom. The number of aryl methyl sites for hydroxylation is 1. The second kappa shape index (κ2) is 7.98. The molecule has 6 nitrogen and oxygen atoms in total. The third-order valence-electron chi connectivity index (χ3n) is 4.25. The van der Waals surface area contributed by atoms with Gasteiger partial charge in [-0.25, -0.2) is 9.97 Å². The molecule has 1 aliphatic carbocycles. The van der Waals surface area contributed by atoms with Crippen LogP contribution in [0.2, 0.25) is 5.02 Å². The van der Waals surface area contributed by atoms with E-state index in [1.807, 2.05) is 24.3 Å². The molecule has 1 aliphatic rings. The molecule has 0 spiro atoms. The first-order valence-electron chi connectivity index (χ1n) is 8.77. The van der Waals surface area contributed by atoms with E-state index in [2.05, 4.69) is 20.6 Å². The second-order valence-electron chi connectivity index (χ2n) is 6.59. The van der Waals surface area contributed by atoms with Crippen molar-refractivity contribution in [2.24, 2.45) is 5.92 Å². The molecule has 1 fully saturated rings. The van der Waals surface area contributed by atoms with Crippen LogP contribution in [0.3, 0.4) is 0 Å². The number of nitrogens with zero attached hydrogens (tertiary/aromatic N) is 2. The first-order chi connectivity index (χ1) is 13.5. The average molecular weight is 433 g/mol. The molecule has 28 heavy (non-hydrogen) atoms. The molecule has 0 aliphatic heterocycles. The lowest BCUT2D eigenvalue weighted by Gasteiger charge is -2.00. The topological polar surface area (TPSA) is 84.0 Å². The lowest BCUT2D eigenvalue weighted by molar-refractivity contribution is -0.117. The molecular weight excluding hydrogens is 416 g/mol. The highest BCUT2D eigenvalue weighted by Crippen LogP contribution is 2.32. The smallest absolute Gasteiger partial charge is 0.269 e. The quantitative estimate of drug-likeness (QED) is 0.588. The van der Waals surface area contributed by atoms with E-state index >= 15 is 0 Å². The van der Waals surface area contributed by atoms with Crippen LogP contribution >= 0.6 is 34.3 Å². The number of benzene rings is 1. The maximum atomic E-state index is 12.6. The van der Waals surface area contributed by atoms with Crippen LogP contribution in [0.1, 0.15) is 38.6 Å². The van der Waals surface area contributed by atoms with Crippen molar-refractivity contribution in [2.45, 2.75) is 26.2 Å². The Balaban J connectivity index is 1.39. The molecule has 1 aromatic carbocycles. The average Bonchev–Trinajstić information content (AvgIpc) is 3.33. The van der Waals surface area contributed by atoms with Crippen LogP contribution in [0.5, 0.6) is 0 Å². The molecule has 1 saturated carbocycles. The second-order valence-corrected chi connectivity index (χ2v) is 9.14. The van der Waals surface area contributed by atoms with Gasteiger partial charge in [0.05, 0.1) is 5.69 Å². The Morgan fingerprint density at radius 2 is 1.89 bits per heavy atom. The molecule has 144 valence electrons. The van der Waals surface area contributed by atoms with E-state index < -0.39 is 0 Å². The molecule has 2 amide bonds. The molecule has 2 heterocycles. The summed E-state index contributed by atoms with van der Waals surface area (Å²) in [6.07, 6.45) is 4.33. The largest absolute Gasteiger partial charge is 0.302 e. The number of halogens is 1. The van der Waals surface area contributed by atoms with Gasteiger partial charge in [-0.15, -0.1) is 11.3 Å². The fraction of sp³-hybridized carbons (Fsp3) is 0.263. The molecule has 2 N–H and O–H groups in total. The maximum absolute atomic E-state index is 12.6. The predicted molar refractivity (Wildman–Crippen MR) is 113 cm³/mol. The van der Waals surface area contributed by atoms with E-state index in [0.29, 0.717) is 25.9 Å². The van der Waals surface area contributed by atoms with Gasteiger partial charge in [-0.05, 0) is 37.5 Å². The van der Waals surface area contributed by atoms with Crippen LogP contribution in [-0.4, -0.2) is 21.8 Å². The summed E-state index contributed by atoms with van der Waals surface area (Å²) < 4.78 is 0. The summed E-state index contributed by atoms with van der Waals surface area (Å²) in [6, 6.07) is 7.65. The summed E-state index contributed by atoms with van der Waals surface area (Å²) in [4.78, 5) is 34.5. The van der Waals surface area contributed by atoms with E-state index in [0.717, 1.165) is 29.7 Å². The number of amides is 2. The highest BCUT2D eigenvalue weighted by Gasteiger charge is 2.30. The van der Waals surface area contributed by atoms with Gasteiger partial charge in [0.15, 0.2) is 10.3 Å². The fourth-order valence-corrected chi connectivity index (χ4v) is 4.45. The first kappa shape index (κ1) is 19.0. The van der Waals surface area contributed by atoms with Crippen molar-refractivity contribution < 1.29 is 9.59 Å². The Bertz CT molecular complexity index is 1020. The SMILES string of the molecule is Cc1nc(NC(=O)C2CC2)sc1C(=O)Nc1ncc(Cc2ccc(Cl)cc2)s1. The van der Waals surface area contributed by atoms with Crippen molar-refractivity contribution in [1.29, 1.82) is 0 Å². The molecule has 2 aromatic heterocycles. The number of carbonyl (C=O) groups is 2. The molecule has 0 saturated heterocycles. The number of anilines is 2. The zero-order valence-electron chi connectivity index (χ0n) is 15.0. The van der Waals surface area contributed by atoms with E-state index in [1.165, 1.54) is 22.7 Å². The van der Waals surface area contributed by atoms with E-state index in [1.54, 1.807) is 13.1 Å². The first-order valence-corrected chi connectivity index (χ1v) is 10.8. The molecule has 3 aromatic rings. The van der Waals surface area contributed by atoms with Gasteiger partial charge in [-0.3, -0.25) is 14.9 Å². The zero-order chi connectivity index (χ0) is 19.7. The van der Waals surface area contributed by atoms with Gasteiger partial charge >= 0.3 is 0 Å². The summed E-state index contributed by atoms with van der Waals surface area (Å²) >= 11 is 8.52. The standard InChI is InChI=1S/C19H17ClN4O2S2/c1-10-15(28-19(22-10)23-16(25)12-4-5-12)17(26)24-18-21-9-14(27-18)8-11-2-6-13(20)7-3-11/h2-3,6-7,9,12H,4-5,8H2,1H3,(H,21,24,26)(H,22,23,25). The van der Waals surface area contributed by atoms with Gasteiger partial charge in [0, 0.05) is 28.4 Å². The minimum atomic E-state index is -0.269. The lowest BCUT2D eigenvalue weighted by atomic mass is 10.1. The molecule has 4 rings (SSSR count). The summed E-state index contributed by atoms with van der Waals surface area (Å²) in [5.74, 6) is -0.197. The van der Waals surface area contributed by atoms with Crippen molar-refractivity contribution in [2.75, 3.05) is 10.6 Å². The molecule has 0 atom stereocenters. The van der Waals surface area contributed by atoms with Crippen LogP contribution < -0.4 is 10.6 Å². The highest BCUT2D eigenvalue weighted by molar-refractivity contribution is 7.18. The number of aromatic nitrogens is 2. The van der Waals surface area contributed by atoms with Crippen LogP contribution in [0.25, 0.3) is 0 Å². The Hall–Kier alpha value is -2.29. The van der Waals surface area contributed by atoms with Gasteiger partial charge in [0.1, 0.15) is 4.88 Å². The minimum Gasteiger partial charge on any atom is -0.302 e. The number of nitrogens with one attached hydrogen (secondary N) is 2. The summed E-state index contributed by atoms with van der Waals surface area (Å²) in [5, 5.41) is 7.30. The Kier molecular flexibility index (Phi) is 5.43. The molecule has 0 bridgehead atoms. The number of hydrogen-bond acceptors (Lipinski definition) is 6. The van der Waals surface area contributed by atoms with Crippen molar-refractivity contribution >= 4 is 56.4 Å². The third kappa shape index (κ3) is 4.57. The number of thiazole rings is 2. The van der Waals surface area contributed by atoms with Crippen LogP contribution in [-0.2, 0) is 11.2 Å². The van der Waals surface area contributed by atoms with Gasteiger partial charge in [0.25, 0.3) is 5.91 Å². The third-order valence-corrected chi connectivity index (χ3v) is 6.48. The van der Waals surface area contributed by atoms with Crippen molar-refractivity contribution in [1.82, 2.24) is 9.97 Å². The summed E-state index contributed by atoms with van der Waals surface area (Å²) in [6.45, 7) is 1.76. The van der Waals surface area contributed by atoms with E-state index in [-0.39, 0.29) is 17.7 Å². The van der Waals surface area contributed by atoms with Crippen LogP contribution in [0.4, 0.5) is 10.3 Å². The monoisotopic (exact) mass is 432 g/mol. The van der Waals surface area contributed by atoms with Gasteiger partial charge in [-0.2, -0.15) is 0 Å². The molecule has 0 unspecified atom stereocenters. The van der Waals surface area contributed by atoms with Crippen LogP contribution in [0, 0.1) is 12.8 Å². The fourth-order valence-electron chi connectivity index (χ4n) is 2.62. The molecule has 9 heteroatoms. The van der Waals surface area contributed by atoms with Gasteiger partial charge in [0.2, 0.25) is 5.91 Å². The van der Waals surface area contributed by atoms with Crippen molar-refractivity contribution in [3.8, 4) is 0 Å². The Morgan fingerprint density at radius 1 is 1.14 bits per heavy atom. The van der Waals surface area contributed by atoms with E-state index in [4.69, 9.17) is 11.6 Å². The summed E-state index contributed by atoms with van der Waals surface area (Å²) in [7, 11) is 0. The molecule has 0 radical (unpaired) electrons. The zero-order valence-corrected chi connectivity index (χ0v) is 17.4. The Labute approximate surface area is 175 Å². The van der Waals surface area contributed by atoms with Crippen molar-refractivity contribution in [3.05, 3.63) is 56.5 Å². The molecular formula is C19H17ClN4O2S2. The summed E-state index contributed by atoms with van der Waals surface area (Å²) in [5.41, 5.74) is 1.71. The minimum absolute atomic E-state index is 0.0209. The van der Waals surface area contributed by atoms with Gasteiger partial charge < -0.3 is 5.32 Å². The highest BCUT2D eigenvalue weighted by atomic mass is 35.5. The van der Waals surface area contributed by atoms with Crippen LogP contribution in [0.15, 0.2) is 30.5 Å². The number of rotatable bonds is 6. The number of carbonyl (C=O) groups excluding carboxylic acids is 2. The lowest BCUT2D eigenvalue weighted by Crippen LogP contribution is -2.12.